The van der Waals surface area contributed by atoms with Crippen LogP contribution < -0.4 is 4.90 Å². The first-order valence-corrected chi connectivity index (χ1v) is 6.69. The van der Waals surface area contributed by atoms with Gasteiger partial charge in [0.2, 0.25) is 0 Å². The van der Waals surface area contributed by atoms with E-state index in [4.69, 9.17) is 9.26 Å². The lowest BCUT2D eigenvalue weighted by atomic mass is 9.97. The first-order chi connectivity index (χ1) is 9.86. The number of rotatable bonds is 4. The van der Waals surface area contributed by atoms with Crippen LogP contribution in [0.4, 0.5) is 5.82 Å². The fraction of sp³-hybridized carbons (Fsp3) is 0.538. The third-order valence-corrected chi connectivity index (χ3v) is 3.41. The number of methoxy groups -OCH3 is 1. The SMILES string of the molecule is COCc1nc(C2CCCN(c3cnccn3)C2)no1. The first kappa shape index (κ1) is 13.0. The molecular weight excluding hydrogens is 258 g/mol. The van der Waals surface area contributed by atoms with Crippen molar-refractivity contribution in [3.05, 3.63) is 30.3 Å². The van der Waals surface area contributed by atoms with E-state index in [2.05, 4.69) is 25.0 Å². The molecule has 0 bridgehead atoms. The summed E-state index contributed by atoms with van der Waals surface area (Å²) in [6.07, 6.45) is 7.32. The number of hydrogen-bond acceptors (Lipinski definition) is 7. The molecule has 0 aromatic carbocycles. The second kappa shape index (κ2) is 5.96. The zero-order valence-electron chi connectivity index (χ0n) is 11.4. The summed E-state index contributed by atoms with van der Waals surface area (Å²) in [5, 5.41) is 4.06. The minimum atomic E-state index is 0.264. The number of anilines is 1. The highest BCUT2D eigenvalue weighted by molar-refractivity contribution is 5.36. The van der Waals surface area contributed by atoms with Crippen LogP contribution >= 0.6 is 0 Å². The van der Waals surface area contributed by atoms with Crippen LogP contribution in [0.1, 0.15) is 30.5 Å². The smallest absolute Gasteiger partial charge is 0.252 e. The van der Waals surface area contributed by atoms with E-state index in [9.17, 15) is 0 Å². The van der Waals surface area contributed by atoms with E-state index in [-0.39, 0.29) is 5.92 Å². The summed E-state index contributed by atoms with van der Waals surface area (Å²) in [5.74, 6) is 2.45. The summed E-state index contributed by atoms with van der Waals surface area (Å²) in [5.41, 5.74) is 0. The number of nitrogens with zero attached hydrogens (tertiary/aromatic N) is 5. The van der Waals surface area contributed by atoms with Gasteiger partial charge in [-0.3, -0.25) is 4.98 Å². The molecule has 106 valence electrons. The molecule has 0 amide bonds. The van der Waals surface area contributed by atoms with Crippen molar-refractivity contribution in [3.63, 3.8) is 0 Å². The lowest BCUT2D eigenvalue weighted by Crippen LogP contribution is -2.35. The molecule has 2 aromatic rings. The van der Waals surface area contributed by atoms with Crippen molar-refractivity contribution in [1.82, 2.24) is 20.1 Å². The number of hydrogen-bond donors (Lipinski definition) is 0. The molecule has 1 aliphatic rings. The van der Waals surface area contributed by atoms with Crippen LogP contribution in [-0.2, 0) is 11.3 Å². The molecule has 0 saturated carbocycles. The highest BCUT2D eigenvalue weighted by Crippen LogP contribution is 2.27. The molecule has 7 nitrogen and oxygen atoms in total. The van der Waals surface area contributed by atoms with Gasteiger partial charge in [-0.2, -0.15) is 4.98 Å². The van der Waals surface area contributed by atoms with Crippen LogP contribution in [0.2, 0.25) is 0 Å². The number of ether oxygens (including phenoxy) is 1. The van der Waals surface area contributed by atoms with Crippen molar-refractivity contribution in [3.8, 4) is 0 Å². The Morgan fingerprint density at radius 2 is 2.40 bits per heavy atom. The van der Waals surface area contributed by atoms with Crippen molar-refractivity contribution in [2.24, 2.45) is 0 Å². The molecule has 0 aliphatic carbocycles. The second-order valence-electron chi connectivity index (χ2n) is 4.83. The lowest BCUT2D eigenvalue weighted by molar-refractivity contribution is 0.151. The zero-order chi connectivity index (χ0) is 13.8. The molecule has 0 spiro atoms. The Kier molecular flexibility index (Phi) is 3.87. The van der Waals surface area contributed by atoms with E-state index in [0.717, 1.165) is 37.6 Å². The van der Waals surface area contributed by atoms with E-state index >= 15 is 0 Å². The van der Waals surface area contributed by atoms with Crippen molar-refractivity contribution in [1.29, 1.82) is 0 Å². The molecule has 1 saturated heterocycles. The van der Waals surface area contributed by atoms with Crippen molar-refractivity contribution >= 4 is 5.82 Å². The van der Waals surface area contributed by atoms with Gasteiger partial charge in [0.15, 0.2) is 5.82 Å². The van der Waals surface area contributed by atoms with Gasteiger partial charge >= 0.3 is 0 Å². The highest BCUT2D eigenvalue weighted by atomic mass is 16.5. The van der Waals surface area contributed by atoms with Gasteiger partial charge in [0, 0.05) is 38.5 Å². The van der Waals surface area contributed by atoms with Crippen LogP contribution in [-0.4, -0.2) is 40.3 Å². The molecule has 0 radical (unpaired) electrons. The Bertz CT molecular complexity index is 545. The summed E-state index contributed by atoms with van der Waals surface area (Å²) in [4.78, 5) is 15.1. The number of aromatic nitrogens is 4. The molecule has 7 heteroatoms. The Morgan fingerprint density at radius 1 is 1.45 bits per heavy atom. The van der Waals surface area contributed by atoms with E-state index < -0.39 is 0 Å². The summed E-state index contributed by atoms with van der Waals surface area (Å²) in [7, 11) is 1.61. The van der Waals surface area contributed by atoms with Gasteiger partial charge in [-0.05, 0) is 12.8 Å². The summed E-state index contributed by atoms with van der Waals surface area (Å²) in [6, 6.07) is 0. The molecule has 1 aliphatic heterocycles. The minimum Gasteiger partial charge on any atom is -0.375 e. The Morgan fingerprint density at radius 3 is 3.20 bits per heavy atom. The first-order valence-electron chi connectivity index (χ1n) is 6.69. The van der Waals surface area contributed by atoms with Gasteiger partial charge < -0.3 is 14.2 Å². The maximum Gasteiger partial charge on any atom is 0.252 e. The normalized spacial score (nSPS) is 19.2. The van der Waals surface area contributed by atoms with Gasteiger partial charge in [-0.25, -0.2) is 4.98 Å². The summed E-state index contributed by atoms with van der Waals surface area (Å²) >= 11 is 0. The molecule has 2 aromatic heterocycles. The van der Waals surface area contributed by atoms with Crippen LogP contribution in [0.25, 0.3) is 0 Å². The molecule has 0 N–H and O–H groups in total. The number of piperidine rings is 1. The van der Waals surface area contributed by atoms with Crippen LogP contribution in [0.15, 0.2) is 23.1 Å². The Hall–Kier alpha value is -2.02. The van der Waals surface area contributed by atoms with E-state index in [0.29, 0.717) is 12.5 Å². The lowest BCUT2D eigenvalue weighted by Gasteiger charge is -2.31. The average Bonchev–Trinajstić information content (AvgIpc) is 2.97. The highest BCUT2D eigenvalue weighted by Gasteiger charge is 2.26. The van der Waals surface area contributed by atoms with Gasteiger partial charge in [-0.15, -0.1) is 0 Å². The standard InChI is InChI=1S/C13H17N5O2/c1-19-9-12-16-13(17-20-12)10-3-2-6-18(8-10)11-7-14-4-5-15-11/h4-5,7,10H,2-3,6,8-9H2,1H3. The van der Waals surface area contributed by atoms with Crippen molar-refractivity contribution < 1.29 is 9.26 Å². The van der Waals surface area contributed by atoms with Crippen LogP contribution in [0.5, 0.6) is 0 Å². The Balaban J connectivity index is 1.71. The molecule has 1 fully saturated rings. The predicted molar refractivity (Wildman–Crippen MR) is 71.2 cm³/mol. The topological polar surface area (TPSA) is 77.2 Å². The van der Waals surface area contributed by atoms with Crippen LogP contribution in [0, 0.1) is 0 Å². The molecule has 1 atom stereocenters. The Labute approximate surface area is 117 Å². The predicted octanol–water partition coefficient (Wildman–Crippen LogP) is 1.39. The molecule has 3 rings (SSSR count). The van der Waals surface area contributed by atoms with Crippen LogP contribution in [0.3, 0.4) is 0 Å². The molecule has 3 heterocycles. The molecule has 1 unspecified atom stereocenters. The van der Waals surface area contributed by atoms with Crippen molar-refractivity contribution in [2.75, 3.05) is 25.1 Å². The fourth-order valence-corrected chi connectivity index (χ4v) is 2.47. The third kappa shape index (κ3) is 2.77. The van der Waals surface area contributed by atoms with Gasteiger partial charge in [0.05, 0.1) is 6.20 Å². The summed E-state index contributed by atoms with van der Waals surface area (Å²) < 4.78 is 10.2. The zero-order valence-corrected chi connectivity index (χ0v) is 11.4. The monoisotopic (exact) mass is 275 g/mol. The van der Waals surface area contributed by atoms with Crippen molar-refractivity contribution in [2.45, 2.75) is 25.4 Å². The quantitative estimate of drug-likeness (QED) is 0.834. The molecule has 20 heavy (non-hydrogen) atoms. The second-order valence-corrected chi connectivity index (χ2v) is 4.83. The van der Waals surface area contributed by atoms with Gasteiger partial charge in [-0.1, -0.05) is 5.16 Å². The van der Waals surface area contributed by atoms with E-state index in [1.54, 1.807) is 25.7 Å². The van der Waals surface area contributed by atoms with Gasteiger partial charge in [0.25, 0.3) is 5.89 Å². The molecular formula is C13H17N5O2. The minimum absolute atomic E-state index is 0.264. The van der Waals surface area contributed by atoms with E-state index in [1.807, 2.05) is 0 Å². The van der Waals surface area contributed by atoms with E-state index in [1.165, 1.54) is 0 Å². The summed E-state index contributed by atoms with van der Waals surface area (Å²) in [6.45, 7) is 2.18. The fourth-order valence-electron chi connectivity index (χ4n) is 2.47. The largest absolute Gasteiger partial charge is 0.375 e. The third-order valence-electron chi connectivity index (χ3n) is 3.41. The average molecular weight is 275 g/mol. The maximum atomic E-state index is 5.17. The van der Waals surface area contributed by atoms with Gasteiger partial charge in [0.1, 0.15) is 12.4 Å². The maximum absolute atomic E-state index is 5.17.